The number of fused-ring (bicyclic) bond motifs is 2. The van der Waals surface area contributed by atoms with Crippen molar-refractivity contribution < 1.29 is 9.53 Å². The van der Waals surface area contributed by atoms with E-state index in [-0.39, 0.29) is 5.97 Å². The van der Waals surface area contributed by atoms with E-state index in [1.165, 1.54) is 26.4 Å². The molecule has 1 aromatic rings. The summed E-state index contributed by atoms with van der Waals surface area (Å²) in [6.45, 7) is 7.25. The number of esters is 1. The molecule has 0 aromatic heterocycles. The number of nitrogens with one attached hydrogen (secondary N) is 1. The smallest absolute Gasteiger partial charge is 0.337 e. The molecule has 21 heavy (non-hydrogen) atoms. The van der Waals surface area contributed by atoms with E-state index >= 15 is 0 Å². The van der Waals surface area contributed by atoms with Gasteiger partial charge in [0.25, 0.3) is 0 Å². The molecule has 3 nitrogen and oxygen atoms in total. The van der Waals surface area contributed by atoms with E-state index < -0.39 is 0 Å². The van der Waals surface area contributed by atoms with Gasteiger partial charge in [-0.25, -0.2) is 4.79 Å². The third-order valence-electron chi connectivity index (χ3n) is 6.42. The molecular weight excluding hydrogens is 262 g/mol. The van der Waals surface area contributed by atoms with Gasteiger partial charge in [-0.2, -0.15) is 0 Å². The van der Waals surface area contributed by atoms with Crippen LogP contribution in [0.4, 0.5) is 5.69 Å². The highest BCUT2D eigenvalue weighted by molar-refractivity contribution is 5.90. The first-order chi connectivity index (χ1) is 9.88. The average Bonchev–Trinajstić information content (AvgIpc) is 2.80. The minimum Gasteiger partial charge on any atom is -0.465 e. The van der Waals surface area contributed by atoms with Gasteiger partial charge in [-0.05, 0) is 54.2 Å². The maximum Gasteiger partial charge on any atom is 0.337 e. The van der Waals surface area contributed by atoms with Crippen molar-refractivity contribution in [3.05, 3.63) is 29.8 Å². The molecule has 3 heteroatoms. The molecule has 114 valence electrons. The monoisotopic (exact) mass is 287 g/mol. The summed E-state index contributed by atoms with van der Waals surface area (Å²) in [7, 11) is 1.42. The number of carbonyl (C=O) groups excluding carboxylic acids is 1. The van der Waals surface area contributed by atoms with Crippen LogP contribution < -0.4 is 5.32 Å². The Hall–Kier alpha value is -1.51. The van der Waals surface area contributed by atoms with Crippen LogP contribution in [-0.2, 0) is 4.74 Å². The predicted octanol–water partition coefficient (Wildman–Crippen LogP) is 4.10. The second-order valence-electron chi connectivity index (χ2n) is 7.38. The SMILES string of the molecule is COC(=O)c1cccc(NC2CC3CCC2(C)C3(C)C)c1. The lowest BCUT2D eigenvalue weighted by Gasteiger charge is -2.40. The Bertz CT molecular complexity index is 566. The van der Waals surface area contributed by atoms with Gasteiger partial charge in [0.05, 0.1) is 12.7 Å². The van der Waals surface area contributed by atoms with Gasteiger partial charge in [-0.15, -0.1) is 0 Å². The Morgan fingerprint density at radius 3 is 2.67 bits per heavy atom. The number of benzene rings is 1. The van der Waals surface area contributed by atoms with Crippen LogP contribution in [0.1, 0.15) is 50.4 Å². The first-order valence-corrected chi connectivity index (χ1v) is 7.83. The Morgan fingerprint density at radius 2 is 2.10 bits per heavy atom. The first-order valence-electron chi connectivity index (χ1n) is 7.83. The fraction of sp³-hybridized carbons (Fsp3) is 0.611. The van der Waals surface area contributed by atoms with E-state index in [0.717, 1.165) is 11.6 Å². The fourth-order valence-electron chi connectivity index (χ4n) is 4.48. The number of anilines is 1. The number of carbonyl (C=O) groups is 1. The average molecular weight is 287 g/mol. The lowest BCUT2D eigenvalue weighted by atomic mass is 9.69. The summed E-state index contributed by atoms with van der Waals surface area (Å²) in [5.41, 5.74) is 2.35. The molecule has 2 fully saturated rings. The summed E-state index contributed by atoms with van der Waals surface area (Å²) in [4.78, 5) is 11.6. The second-order valence-corrected chi connectivity index (χ2v) is 7.38. The van der Waals surface area contributed by atoms with Crippen molar-refractivity contribution in [1.29, 1.82) is 0 Å². The number of hydrogen-bond donors (Lipinski definition) is 1. The van der Waals surface area contributed by atoms with Gasteiger partial charge in [0.15, 0.2) is 0 Å². The van der Waals surface area contributed by atoms with Crippen LogP contribution in [0.5, 0.6) is 0 Å². The quantitative estimate of drug-likeness (QED) is 0.851. The first kappa shape index (κ1) is 14.4. The summed E-state index contributed by atoms with van der Waals surface area (Å²) in [6, 6.07) is 8.13. The second kappa shape index (κ2) is 4.75. The maximum atomic E-state index is 11.6. The van der Waals surface area contributed by atoms with Crippen molar-refractivity contribution in [3.8, 4) is 0 Å². The number of methoxy groups -OCH3 is 1. The van der Waals surface area contributed by atoms with Crippen molar-refractivity contribution in [1.82, 2.24) is 0 Å². The fourth-order valence-corrected chi connectivity index (χ4v) is 4.48. The summed E-state index contributed by atoms with van der Waals surface area (Å²) >= 11 is 0. The van der Waals surface area contributed by atoms with Gasteiger partial charge in [-0.3, -0.25) is 0 Å². The highest BCUT2D eigenvalue weighted by Gasteiger charge is 2.61. The van der Waals surface area contributed by atoms with E-state index in [0.29, 0.717) is 22.4 Å². The van der Waals surface area contributed by atoms with Gasteiger partial charge in [0.2, 0.25) is 0 Å². The van der Waals surface area contributed by atoms with Crippen LogP contribution in [-0.4, -0.2) is 19.1 Å². The normalized spacial score (nSPS) is 33.0. The molecule has 1 N–H and O–H groups in total. The van der Waals surface area contributed by atoms with Crippen molar-refractivity contribution in [2.24, 2.45) is 16.7 Å². The Morgan fingerprint density at radius 1 is 1.33 bits per heavy atom. The van der Waals surface area contributed by atoms with E-state index in [1.807, 2.05) is 18.2 Å². The molecule has 0 amide bonds. The van der Waals surface area contributed by atoms with Gasteiger partial charge in [0, 0.05) is 11.7 Å². The molecule has 2 saturated carbocycles. The molecule has 3 unspecified atom stereocenters. The molecule has 0 spiro atoms. The zero-order valence-electron chi connectivity index (χ0n) is 13.4. The van der Waals surface area contributed by atoms with Crippen LogP contribution in [0.25, 0.3) is 0 Å². The lowest BCUT2D eigenvalue weighted by molar-refractivity contribution is 0.0601. The molecule has 0 radical (unpaired) electrons. The Labute approximate surface area is 127 Å². The Kier molecular flexibility index (Phi) is 3.27. The van der Waals surface area contributed by atoms with E-state index in [9.17, 15) is 4.79 Å². The number of ether oxygens (including phenoxy) is 1. The van der Waals surface area contributed by atoms with Crippen LogP contribution in [0.2, 0.25) is 0 Å². The van der Waals surface area contributed by atoms with Gasteiger partial charge >= 0.3 is 5.97 Å². The number of rotatable bonds is 3. The summed E-state index contributed by atoms with van der Waals surface area (Å²) in [6.07, 6.45) is 3.87. The highest BCUT2D eigenvalue weighted by Crippen LogP contribution is 2.65. The molecule has 2 aliphatic rings. The van der Waals surface area contributed by atoms with E-state index in [4.69, 9.17) is 4.74 Å². The highest BCUT2D eigenvalue weighted by atomic mass is 16.5. The van der Waals surface area contributed by atoms with Crippen LogP contribution in [0, 0.1) is 16.7 Å². The van der Waals surface area contributed by atoms with E-state index in [1.54, 1.807) is 6.07 Å². The zero-order valence-corrected chi connectivity index (χ0v) is 13.4. The zero-order chi connectivity index (χ0) is 15.3. The molecule has 3 rings (SSSR count). The van der Waals surface area contributed by atoms with Gasteiger partial charge in [0.1, 0.15) is 0 Å². The maximum absolute atomic E-state index is 11.6. The third-order valence-corrected chi connectivity index (χ3v) is 6.42. The van der Waals surface area contributed by atoms with Gasteiger partial charge in [-0.1, -0.05) is 26.8 Å². The molecule has 3 atom stereocenters. The molecule has 1 aromatic carbocycles. The lowest BCUT2D eigenvalue weighted by Crippen LogP contribution is -2.40. The topological polar surface area (TPSA) is 38.3 Å². The van der Waals surface area contributed by atoms with Gasteiger partial charge < -0.3 is 10.1 Å². The van der Waals surface area contributed by atoms with Crippen LogP contribution in [0.3, 0.4) is 0 Å². The summed E-state index contributed by atoms with van der Waals surface area (Å²) < 4.78 is 4.80. The molecular formula is C18H25NO2. The van der Waals surface area contributed by atoms with Crippen LogP contribution >= 0.6 is 0 Å². The minimum atomic E-state index is -0.280. The van der Waals surface area contributed by atoms with Crippen molar-refractivity contribution in [2.45, 2.75) is 46.1 Å². The molecule has 0 saturated heterocycles. The van der Waals surface area contributed by atoms with Crippen molar-refractivity contribution in [2.75, 3.05) is 12.4 Å². The third kappa shape index (κ3) is 2.05. The van der Waals surface area contributed by atoms with E-state index in [2.05, 4.69) is 26.1 Å². The Balaban J connectivity index is 1.81. The number of hydrogen-bond acceptors (Lipinski definition) is 3. The van der Waals surface area contributed by atoms with Crippen LogP contribution in [0.15, 0.2) is 24.3 Å². The summed E-state index contributed by atoms with van der Waals surface area (Å²) in [5.74, 6) is 0.530. The summed E-state index contributed by atoms with van der Waals surface area (Å²) in [5, 5.41) is 3.68. The minimum absolute atomic E-state index is 0.280. The molecule has 0 heterocycles. The molecule has 2 bridgehead atoms. The van der Waals surface area contributed by atoms with Crippen molar-refractivity contribution in [3.63, 3.8) is 0 Å². The standard InChI is InChI=1S/C18H25NO2/c1-17(2)13-8-9-18(17,3)15(11-13)19-14-7-5-6-12(10-14)16(20)21-4/h5-7,10,13,15,19H,8-9,11H2,1-4H3. The largest absolute Gasteiger partial charge is 0.465 e. The molecule has 2 aliphatic carbocycles. The van der Waals surface area contributed by atoms with Crippen molar-refractivity contribution >= 4 is 11.7 Å². The predicted molar refractivity (Wildman–Crippen MR) is 84.4 cm³/mol. The molecule has 0 aliphatic heterocycles.